The van der Waals surface area contributed by atoms with Gasteiger partial charge in [-0.15, -0.1) is 5.10 Å². The first-order chi connectivity index (χ1) is 14.9. The van der Waals surface area contributed by atoms with E-state index >= 15 is 0 Å². The molecule has 0 radical (unpaired) electrons. The van der Waals surface area contributed by atoms with Crippen LogP contribution in [0.15, 0.2) is 30.6 Å². The van der Waals surface area contributed by atoms with Crippen LogP contribution in [0.2, 0.25) is 0 Å². The molecule has 0 atom stereocenters. The molecule has 0 spiro atoms. The van der Waals surface area contributed by atoms with E-state index < -0.39 is 30.2 Å². The molecule has 0 unspecified atom stereocenters. The summed E-state index contributed by atoms with van der Waals surface area (Å²) in [6, 6.07) is 4.65. The number of halogens is 3. The number of nitrogens with zero attached hydrogens (tertiary/aromatic N) is 4. The van der Waals surface area contributed by atoms with Crippen molar-refractivity contribution in [3.8, 4) is 34.5 Å². The van der Waals surface area contributed by atoms with Gasteiger partial charge in [-0.25, -0.2) is 4.98 Å². The molecule has 3 aromatic rings. The number of alkyl halides is 3. The fraction of sp³-hybridized carbons (Fsp3) is 0.350. The Morgan fingerprint density at radius 3 is 2.47 bits per heavy atom. The predicted molar refractivity (Wildman–Crippen MR) is 106 cm³/mol. The van der Waals surface area contributed by atoms with E-state index in [0.29, 0.717) is 17.1 Å². The molecule has 0 bridgehead atoms. The molecule has 0 amide bonds. The number of ether oxygens (including phenoxy) is 2. The number of carbonyl (C=O) groups is 1. The lowest BCUT2D eigenvalue weighted by Crippen LogP contribution is -2.30. The summed E-state index contributed by atoms with van der Waals surface area (Å²) in [6.45, 7) is 3.43. The molecular formula is C20H20F3N5O4. The lowest BCUT2D eigenvalue weighted by molar-refractivity contribution is -0.154. The van der Waals surface area contributed by atoms with Crippen LogP contribution in [-0.4, -0.2) is 55.6 Å². The number of aromatic nitrogens is 5. The first-order valence-corrected chi connectivity index (χ1v) is 9.36. The van der Waals surface area contributed by atoms with Gasteiger partial charge in [0.15, 0.2) is 12.4 Å². The molecule has 0 fully saturated rings. The number of nitrogens with one attached hydrogen (secondary N) is 1. The van der Waals surface area contributed by atoms with Gasteiger partial charge in [0.25, 0.3) is 0 Å². The van der Waals surface area contributed by atoms with Crippen molar-refractivity contribution in [1.82, 2.24) is 25.1 Å². The van der Waals surface area contributed by atoms with Crippen LogP contribution in [0.1, 0.15) is 19.4 Å². The third kappa shape index (κ3) is 5.71. The van der Waals surface area contributed by atoms with E-state index in [0.717, 1.165) is 11.1 Å². The molecule has 3 heterocycles. The second-order valence-electron chi connectivity index (χ2n) is 7.62. The van der Waals surface area contributed by atoms with Gasteiger partial charge in [0, 0.05) is 29.6 Å². The average molecular weight is 451 g/mol. The maximum atomic E-state index is 12.2. The Labute approximate surface area is 180 Å². The molecule has 3 aromatic heterocycles. The number of hydrogen-bond acceptors (Lipinski definition) is 7. The van der Waals surface area contributed by atoms with Crippen LogP contribution < -0.4 is 9.47 Å². The van der Waals surface area contributed by atoms with E-state index in [9.17, 15) is 18.0 Å². The maximum absolute atomic E-state index is 12.2. The topological polar surface area (TPSA) is 123 Å². The van der Waals surface area contributed by atoms with Crippen molar-refractivity contribution in [2.24, 2.45) is 5.41 Å². The molecule has 0 aliphatic rings. The van der Waals surface area contributed by atoms with Crippen LogP contribution in [0.5, 0.6) is 11.9 Å². The van der Waals surface area contributed by atoms with E-state index in [1.165, 1.54) is 6.20 Å². The molecule has 0 aromatic carbocycles. The summed E-state index contributed by atoms with van der Waals surface area (Å²) in [5.41, 5.74) is 1.59. The predicted octanol–water partition coefficient (Wildman–Crippen LogP) is 3.67. The molecule has 0 saturated heterocycles. The summed E-state index contributed by atoms with van der Waals surface area (Å²) >= 11 is 0. The van der Waals surface area contributed by atoms with Crippen LogP contribution in [0.4, 0.5) is 13.2 Å². The first kappa shape index (κ1) is 23.0. The number of aliphatic carboxylic acids is 1. The Balaban J connectivity index is 1.70. The second-order valence-corrected chi connectivity index (χ2v) is 7.62. The van der Waals surface area contributed by atoms with E-state index in [1.807, 2.05) is 6.92 Å². The zero-order valence-electron chi connectivity index (χ0n) is 17.4. The van der Waals surface area contributed by atoms with Gasteiger partial charge in [0.1, 0.15) is 6.61 Å². The summed E-state index contributed by atoms with van der Waals surface area (Å²) in [6.07, 6.45) is -1.43. The lowest BCUT2D eigenvalue weighted by Gasteiger charge is -2.19. The van der Waals surface area contributed by atoms with Gasteiger partial charge < -0.3 is 14.6 Å². The number of aromatic amines is 1. The smallest absolute Gasteiger partial charge is 0.422 e. The number of carboxylic acid groups (broad SMARTS) is 1. The molecule has 0 aliphatic heterocycles. The summed E-state index contributed by atoms with van der Waals surface area (Å²) in [7, 11) is 0. The van der Waals surface area contributed by atoms with Crippen LogP contribution in [0.25, 0.3) is 22.6 Å². The van der Waals surface area contributed by atoms with Gasteiger partial charge in [0.05, 0.1) is 11.1 Å². The van der Waals surface area contributed by atoms with Crippen molar-refractivity contribution >= 4 is 5.97 Å². The quantitative estimate of drug-likeness (QED) is 0.532. The highest BCUT2D eigenvalue weighted by Gasteiger charge is 2.29. The zero-order chi connectivity index (χ0) is 23.5. The van der Waals surface area contributed by atoms with Gasteiger partial charge in [-0.1, -0.05) is 0 Å². The first-order valence-electron chi connectivity index (χ1n) is 9.36. The third-order valence-electron chi connectivity index (χ3n) is 4.39. The Kier molecular flexibility index (Phi) is 6.32. The zero-order valence-corrected chi connectivity index (χ0v) is 17.4. The highest BCUT2D eigenvalue weighted by Crippen LogP contribution is 2.26. The highest BCUT2D eigenvalue weighted by atomic mass is 19.4. The fourth-order valence-electron chi connectivity index (χ4n) is 2.47. The average Bonchev–Trinajstić information content (AvgIpc) is 3.20. The second kappa shape index (κ2) is 8.81. The largest absolute Gasteiger partial charge is 0.481 e. The van der Waals surface area contributed by atoms with Gasteiger partial charge in [-0.2, -0.15) is 18.2 Å². The van der Waals surface area contributed by atoms with Crippen LogP contribution in [0.3, 0.4) is 0 Å². The highest BCUT2D eigenvalue weighted by molar-refractivity contribution is 5.73. The minimum atomic E-state index is -4.48. The number of H-pyrrole nitrogens is 1. The fourth-order valence-corrected chi connectivity index (χ4v) is 2.47. The number of hydrogen-bond donors (Lipinski definition) is 2. The summed E-state index contributed by atoms with van der Waals surface area (Å²) in [5, 5.41) is 15.3. The van der Waals surface area contributed by atoms with Crippen molar-refractivity contribution in [2.75, 3.05) is 13.2 Å². The Hall–Kier alpha value is -3.70. The molecule has 32 heavy (non-hydrogen) atoms. The van der Waals surface area contributed by atoms with Gasteiger partial charge in [-0.3, -0.25) is 14.9 Å². The van der Waals surface area contributed by atoms with E-state index in [2.05, 4.69) is 29.9 Å². The van der Waals surface area contributed by atoms with Gasteiger partial charge >= 0.3 is 18.2 Å². The molecular weight excluding hydrogens is 431 g/mol. The Morgan fingerprint density at radius 1 is 1.12 bits per heavy atom. The van der Waals surface area contributed by atoms with Crippen molar-refractivity contribution < 1.29 is 32.5 Å². The number of aryl methyl sites for hydroxylation is 1. The minimum Gasteiger partial charge on any atom is -0.481 e. The molecule has 0 saturated carbocycles. The normalized spacial score (nSPS) is 11.9. The SMILES string of the molecule is Cc1cc(OCC(C)(C)C(=O)O)ncc1-c1ccc(-c2nc(OCC(F)(F)F)n[nH]2)cn1. The van der Waals surface area contributed by atoms with Crippen molar-refractivity contribution in [3.63, 3.8) is 0 Å². The number of rotatable bonds is 8. The van der Waals surface area contributed by atoms with Gasteiger partial charge in [-0.05, 0) is 38.5 Å². The summed E-state index contributed by atoms with van der Waals surface area (Å²) in [4.78, 5) is 23.6. The van der Waals surface area contributed by atoms with Crippen LogP contribution in [-0.2, 0) is 4.79 Å². The Bertz CT molecular complexity index is 1100. The molecule has 12 heteroatoms. The lowest BCUT2D eigenvalue weighted by atomic mass is 9.95. The summed E-state index contributed by atoms with van der Waals surface area (Å²) < 4.78 is 46.7. The Morgan fingerprint density at radius 2 is 1.88 bits per heavy atom. The number of pyridine rings is 2. The van der Waals surface area contributed by atoms with E-state index in [-0.39, 0.29) is 12.4 Å². The van der Waals surface area contributed by atoms with Crippen LogP contribution >= 0.6 is 0 Å². The molecule has 2 N–H and O–H groups in total. The van der Waals surface area contributed by atoms with E-state index in [1.54, 1.807) is 38.2 Å². The molecule has 0 aliphatic carbocycles. The molecule has 170 valence electrons. The standard InChI is InChI=1S/C20H20F3N5O4/c1-11-6-15(31-9-19(2,3)17(29)30)25-8-13(11)14-5-4-12(7-24-14)16-26-18(28-27-16)32-10-20(21,22)23/h4-8H,9-10H2,1-3H3,(H,29,30)(H,26,27,28). The maximum Gasteiger partial charge on any atom is 0.422 e. The van der Waals surface area contributed by atoms with Gasteiger partial charge in [0.2, 0.25) is 5.88 Å². The van der Waals surface area contributed by atoms with Crippen molar-refractivity contribution in [3.05, 3.63) is 36.2 Å². The monoisotopic (exact) mass is 451 g/mol. The molecule has 3 rings (SSSR count). The van der Waals surface area contributed by atoms with E-state index in [4.69, 9.17) is 9.84 Å². The summed E-state index contributed by atoms with van der Waals surface area (Å²) in [5.74, 6) is -0.466. The third-order valence-corrected chi connectivity index (χ3v) is 4.39. The number of carboxylic acids is 1. The van der Waals surface area contributed by atoms with Crippen molar-refractivity contribution in [2.45, 2.75) is 26.9 Å². The van der Waals surface area contributed by atoms with Crippen molar-refractivity contribution in [1.29, 1.82) is 0 Å². The van der Waals surface area contributed by atoms with Crippen LogP contribution in [0, 0.1) is 12.3 Å². The molecule has 9 nitrogen and oxygen atoms in total. The minimum absolute atomic E-state index is 0.0348.